The van der Waals surface area contributed by atoms with Gasteiger partial charge in [-0.25, -0.2) is 4.39 Å². The second kappa shape index (κ2) is 8.32. The van der Waals surface area contributed by atoms with E-state index in [4.69, 9.17) is 0 Å². The Labute approximate surface area is 147 Å². The predicted molar refractivity (Wildman–Crippen MR) is 102 cm³/mol. The maximum absolute atomic E-state index is 14.7. The summed E-state index contributed by atoms with van der Waals surface area (Å²) in [6.45, 7) is 4.49. The zero-order chi connectivity index (χ0) is 16.9. The molecule has 0 aromatic heterocycles. The second-order valence-corrected chi connectivity index (χ2v) is 7.98. The average molecular weight is 329 g/mol. The van der Waals surface area contributed by atoms with E-state index in [1.165, 1.54) is 62.5 Å². The van der Waals surface area contributed by atoms with Crippen LogP contribution in [0.1, 0.15) is 101 Å². The topological polar surface area (TPSA) is 0 Å². The fourth-order valence-corrected chi connectivity index (χ4v) is 4.68. The molecule has 0 spiro atoms. The van der Waals surface area contributed by atoms with Crippen molar-refractivity contribution in [3.63, 3.8) is 0 Å². The largest absolute Gasteiger partial charge is 0.207 e. The Morgan fingerprint density at radius 2 is 1.79 bits per heavy atom. The molecule has 0 unspecified atom stereocenters. The molecule has 24 heavy (non-hydrogen) atoms. The Balaban J connectivity index is 1.70. The molecule has 0 saturated heterocycles. The average Bonchev–Trinajstić information content (AvgIpc) is 2.60. The van der Waals surface area contributed by atoms with Crippen molar-refractivity contribution in [2.75, 3.05) is 0 Å². The number of rotatable bonds is 6. The highest BCUT2D eigenvalue weighted by Crippen LogP contribution is 2.40. The van der Waals surface area contributed by atoms with Gasteiger partial charge in [0.15, 0.2) is 0 Å². The van der Waals surface area contributed by atoms with Crippen LogP contribution in [0.4, 0.5) is 4.39 Å². The molecule has 3 rings (SSSR count). The lowest BCUT2D eigenvalue weighted by molar-refractivity contribution is 0.300. The molecule has 0 amide bonds. The minimum absolute atomic E-state index is 0.0414. The van der Waals surface area contributed by atoms with E-state index < -0.39 is 0 Å². The van der Waals surface area contributed by atoms with Crippen molar-refractivity contribution < 1.29 is 4.39 Å². The minimum atomic E-state index is 0.0414. The normalized spacial score (nSPS) is 23.7. The Morgan fingerprint density at radius 3 is 2.50 bits per heavy atom. The Morgan fingerprint density at radius 1 is 1.00 bits per heavy atom. The number of allylic oxidation sites excluding steroid dienone is 1. The maximum Gasteiger partial charge on any atom is 0.127 e. The molecule has 2 aliphatic rings. The molecule has 1 fully saturated rings. The zero-order valence-electron chi connectivity index (χ0n) is 15.5. The summed E-state index contributed by atoms with van der Waals surface area (Å²) in [4.78, 5) is 0. The summed E-state index contributed by atoms with van der Waals surface area (Å²) in [5, 5.41) is 0. The molecule has 1 heteroatoms. The van der Waals surface area contributed by atoms with E-state index in [2.05, 4.69) is 26.0 Å². The van der Waals surface area contributed by atoms with Crippen molar-refractivity contribution in [1.29, 1.82) is 0 Å². The van der Waals surface area contributed by atoms with E-state index in [1.807, 2.05) is 6.07 Å². The van der Waals surface area contributed by atoms with E-state index in [9.17, 15) is 4.39 Å². The standard InChI is InChI=1S/C23H33F/c1-3-5-7-17-8-11-19(12-9-17)22-15-20-13-10-18(6-4-2)14-21(20)16-23(22)24/h14-17,19H,3-13H2,1-2H3. The molecule has 0 heterocycles. The molecule has 2 aliphatic carbocycles. The number of aryl methyl sites for hydroxylation is 1. The van der Waals surface area contributed by atoms with Crippen molar-refractivity contribution in [1.82, 2.24) is 0 Å². The molecule has 0 nitrogen and oxygen atoms in total. The van der Waals surface area contributed by atoms with Gasteiger partial charge in [-0.15, -0.1) is 0 Å². The van der Waals surface area contributed by atoms with Gasteiger partial charge < -0.3 is 0 Å². The van der Waals surface area contributed by atoms with Crippen molar-refractivity contribution >= 4 is 6.08 Å². The summed E-state index contributed by atoms with van der Waals surface area (Å²) in [6, 6.07) is 4.03. The lowest BCUT2D eigenvalue weighted by atomic mass is 9.76. The summed E-state index contributed by atoms with van der Waals surface area (Å²) in [5.41, 5.74) is 5.02. The summed E-state index contributed by atoms with van der Waals surface area (Å²) < 4.78 is 14.7. The summed E-state index contributed by atoms with van der Waals surface area (Å²) in [6.07, 6.45) is 15.8. The van der Waals surface area contributed by atoms with E-state index in [-0.39, 0.29) is 5.82 Å². The van der Waals surface area contributed by atoms with Crippen LogP contribution >= 0.6 is 0 Å². The first-order valence-corrected chi connectivity index (χ1v) is 10.2. The molecule has 0 atom stereocenters. The van der Waals surface area contributed by atoms with E-state index in [1.54, 1.807) is 0 Å². The predicted octanol–water partition coefficient (Wildman–Crippen LogP) is 7.42. The first kappa shape index (κ1) is 17.7. The van der Waals surface area contributed by atoms with Crippen LogP contribution in [0.3, 0.4) is 0 Å². The molecule has 0 bridgehead atoms. The van der Waals surface area contributed by atoms with Crippen molar-refractivity contribution in [3.8, 4) is 0 Å². The number of unbranched alkanes of at least 4 members (excludes halogenated alkanes) is 1. The smallest absolute Gasteiger partial charge is 0.127 e. The van der Waals surface area contributed by atoms with Crippen LogP contribution in [0.5, 0.6) is 0 Å². The minimum Gasteiger partial charge on any atom is -0.207 e. The van der Waals surface area contributed by atoms with E-state index >= 15 is 0 Å². The number of benzene rings is 1. The highest BCUT2D eigenvalue weighted by atomic mass is 19.1. The monoisotopic (exact) mass is 328 g/mol. The summed E-state index contributed by atoms with van der Waals surface area (Å²) in [5.74, 6) is 1.38. The van der Waals surface area contributed by atoms with Gasteiger partial charge in [-0.2, -0.15) is 0 Å². The van der Waals surface area contributed by atoms with Gasteiger partial charge in [-0.1, -0.05) is 57.2 Å². The third-order valence-electron chi connectivity index (χ3n) is 6.16. The quantitative estimate of drug-likeness (QED) is 0.509. The van der Waals surface area contributed by atoms with Crippen molar-refractivity contribution in [3.05, 3.63) is 40.2 Å². The molecule has 1 saturated carbocycles. The van der Waals surface area contributed by atoms with Gasteiger partial charge in [0.25, 0.3) is 0 Å². The molecule has 0 radical (unpaired) electrons. The van der Waals surface area contributed by atoms with Gasteiger partial charge in [-0.05, 0) is 79.5 Å². The first-order valence-electron chi connectivity index (χ1n) is 10.2. The van der Waals surface area contributed by atoms with Gasteiger partial charge in [0.05, 0.1) is 0 Å². The fourth-order valence-electron chi connectivity index (χ4n) is 4.68. The van der Waals surface area contributed by atoms with E-state index in [0.717, 1.165) is 36.3 Å². The third kappa shape index (κ3) is 4.10. The van der Waals surface area contributed by atoms with Crippen molar-refractivity contribution in [2.24, 2.45) is 5.92 Å². The maximum atomic E-state index is 14.7. The molecule has 0 N–H and O–H groups in total. The molecular formula is C23H33F. The molecule has 1 aromatic carbocycles. The van der Waals surface area contributed by atoms with Gasteiger partial charge >= 0.3 is 0 Å². The van der Waals surface area contributed by atoms with Crippen LogP contribution in [0.15, 0.2) is 17.7 Å². The van der Waals surface area contributed by atoms with Crippen LogP contribution in [0, 0.1) is 11.7 Å². The summed E-state index contributed by atoms with van der Waals surface area (Å²) >= 11 is 0. The Hall–Kier alpha value is -1.11. The van der Waals surface area contributed by atoms with Crippen LogP contribution < -0.4 is 0 Å². The number of halogens is 1. The molecule has 1 aromatic rings. The Bertz CT molecular complexity index is 576. The summed E-state index contributed by atoms with van der Waals surface area (Å²) in [7, 11) is 0. The van der Waals surface area contributed by atoms with Crippen molar-refractivity contribution in [2.45, 2.75) is 90.4 Å². The van der Waals surface area contributed by atoms with Crippen LogP contribution in [0.2, 0.25) is 0 Å². The molecule has 0 aliphatic heterocycles. The van der Waals surface area contributed by atoms with Gasteiger partial charge in [0.2, 0.25) is 0 Å². The first-order chi connectivity index (χ1) is 11.7. The van der Waals surface area contributed by atoms with Crippen LogP contribution in [-0.2, 0) is 6.42 Å². The number of hydrogen-bond donors (Lipinski definition) is 0. The SMILES string of the molecule is CCCCC1CCC(c2cc3c(cc2F)C=C(CCC)CC3)CC1. The van der Waals surface area contributed by atoms with Crippen LogP contribution in [0.25, 0.3) is 6.08 Å². The van der Waals surface area contributed by atoms with Gasteiger partial charge in [0, 0.05) is 0 Å². The van der Waals surface area contributed by atoms with Gasteiger partial charge in [-0.3, -0.25) is 0 Å². The zero-order valence-corrected chi connectivity index (χ0v) is 15.5. The fraction of sp³-hybridized carbons (Fsp3) is 0.652. The number of fused-ring (bicyclic) bond motifs is 1. The Kier molecular flexibility index (Phi) is 6.14. The molecular weight excluding hydrogens is 295 g/mol. The van der Waals surface area contributed by atoms with E-state index in [0.29, 0.717) is 5.92 Å². The lowest BCUT2D eigenvalue weighted by Crippen LogP contribution is -2.15. The second-order valence-electron chi connectivity index (χ2n) is 7.98. The molecule has 132 valence electrons. The van der Waals surface area contributed by atoms with Gasteiger partial charge in [0.1, 0.15) is 5.82 Å². The lowest BCUT2D eigenvalue weighted by Gasteiger charge is -2.30. The number of hydrogen-bond acceptors (Lipinski definition) is 0. The highest BCUT2D eigenvalue weighted by Gasteiger charge is 2.25. The highest BCUT2D eigenvalue weighted by molar-refractivity contribution is 5.60. The third-order valence-corrected chi connectivity index (χ3v) is 6.16. The van der Waals surface area contributed by atoms with Crippen LogP contribution in [-0.4, -0.2) is 0 Å².